The molecule has 0 radical (unpaired) electrons. The lowest BCUT2D eigenvalue weighted by molar-refractivity contribution is -0.135. The lowest BCUT2D eigenvalue weighted by Crippen LogP contribution is -2.36. The van der Waals surface area contributed by atoms with Crippen molar-refractivity contribution in [1.82, 2.24) is 0 Å². The van der Waals surface area contributed by atoms with Gasteiger partial charge in [-0.15, -0.1) is 0 Å². The molecule has 110 valence electrons. The molecule has 0 bridgehead atoms. The molecule has 0 spiro atoms. The van der Waals surface area contributed by atoms with Gasteiger partial charge < -0.3 is 9.52 Å². The molecule has 5 nitrogen and oxygen atoms in total. The second kappa shape index (κ2) is 6.45. The zero-order valence-electron chi connectivity index (χ0n) is 11.4. The van der Waals surface area contributed by atoms with E-state index in [1.165, 1.54) is 6.26 Å². The van der Waals surface area contributed by atoms with Gasteiger partial charge in [0, 0.05) is 17.1 Å². The van der Waals surface area contributed by atoms with Crippen molar-refractivity contribution in [2.24, 2.45) is 0 Å². The van der Waals surface area contributed by atoms with Crippen molar-refractivity contribution in [3.63, 3.8) is 0 Å². The Morgan fingerprint density at radius 1 is 1.33 bits per heavy atom. The molecule has 0 aliphatic rings. The van der Waals surface area contributed by atoms with Gasteiger partial charge in [-0.3, -0.25) is 14.5 Å². The Bertz CT molecular complexity index is 665. The van der Waals surface area contributed by atoms with Gasteiger partial charge in [-0.05, 0) is 24.3 Å². The van der Waals surface area contributed by atoms with Crippen molar-refractivity contribution >= 4 is 29.2 Å². The number of anilines is 1. The number of nitrogens with zero attached hydrogens (tertiary/aromatic N) is 1. The van der Waals surface area contributed by atoms with E-state index in [4.69, 9.17) is 21.1 Å². The van der Waals surface area contributed by atoms with Crippen LogP contribution in [0.4, 0.5) is 5.69 Å². The highest BCUT2D eigenvalue weighted by atomic mass is 35.5. The number of hydrogen-bond donors (Lipinski definition) is 1. The van der Waals surface area contributed by atoms with Gasteiger partial charge in [0.1, 0.15) is 12.3 Å². The molecular weight excluding hydrogens is 294 g/mol. The van der Waals surface area contributed by atoms with Gasteiger partial charge in [0.05, 0.1) is 11.8 Å². The summed E-state index contributed by atoms with van der Waals surface area (Å²) in [6, 6.07) is 8.05. The Labute approximate surface area is 126 Å². The molecule has 0 unspecified atom stereocenters. The van der Waals surface area contributed by atoms with Gasteiger partial charge in [0.15, 0.2) is 0 Å². The van der Waals surface area contributed by atoms with E-state index < -0.39 is 18.4 Å². The molecule has 1 aromatic carbocycles. The van der Waals surface area contributed by atoms with E-state index in [0.29, 0.717) is 28.5 Å². The molecular formula is C15H14ClNO4. The average molecular weight is 308 g/mol. The van der Waals surface area contributed by atoms with Crippen molar-refractivity contribution in [2.75, 3.05) is 11.4 Å². The first-order valence-electron chi connectivity index (χ1n) is 6.38. The summed E-state index contributed by atoms with van der Waals surface area (Å²) in [6.45, 7) is 1.41. The van der Waals surface area contributed by atoms with Crippen LogP contribution in [0.2, 0.25) is 5.02 Å². The molecule has 6 heteroatoms. The van der Waals surface area contributed by atoms with Gasteiger partial charge in [-0.25, -0.2) is 0 Å². The molecule has 2 rings (SSSR count). The molecule has 21 heavy (non-hydrogen) atoms. The fourth-order valence-corrected chi connectivity index (χ4v) is 2.19. The highest BCUT2D eigenvalue weighted by Gasteiger charge is 2.24. The predicted octanol–water partition coefficient (Wildman–Crippen LogP) is 3.23. The van der Waals surface area contributed by atoms with Crippen LogP contribution < -0.4 is 4.90 Å². The van der Waals surface area contributed by atoms with Crippen LogP contribution in [0.1, 0.15) is 23.0 Å². The first kappa shape index (κ1) is 15.1. The van der Waals surface area contributed by atoms with Gasteiger partial charge in [0.25, 0.3) is 5.91 Å². The fraction of sp³-hybridized carbons (Fsp3) is 0.200. The smallest absolute Gasteiger partial charge is 0.323 e. The second-order valence-corrected chi connectivity index (χ2v) is 4.81. The number of amides is 1. The zero-order chi connectivity index (χ0) is 15.4. The Morgan fingerprint density at radius 2 is 2.10 bits per heavy atom. The van der Waals surface area contributed by atoms with Crippen molar-refractivity contribution in [2.45, 2.75) is 13.3 Å². The second-order valence-electron chi connectivity index (χ2n) is 4.38. The van der Waals surface area contributed by atoms with Crippen molar-refractivity contribution < 1.29 is 19.1 Å². The number of hydrogen-bond acceptors (Lipinski definition) is 3. The Morgan fingerprint density at radius 3 is 2.71 bits per heavy atom. The minimum absolute atomic E-state index is 0.360. The van der Waals surface area contributed by atoms with Crippen LogP contribution in [-0.4, -0.2) is 23.5 Å². The third-order valence-electron chi connectivity index (χ3n) is 2.96. The summed E-state index contributed by atoms with van der Waals surface area (Å²) in [5, 5.41) is 9.47. The monoisotopic (exact) mass is 307 g/mol. The molecule has 0 atom stereocenters. The standard InChI is InChI=1S/C15H14ClNO4/c1-2-13-12(6-7-21-13)15(20)17(9-14(18)19)11-5-3-4-10(16)8-11/h3-8H,2,9H2,1H3,(H,18,19). The third-order valence-corrected chi connectivity index (χ3v) is 3.19. The summed E-state index contributed by atoms with van der Waals surface area (Å²) >= 11 is 5.91. The fourth-order valence-electron chi connectivity index (χ4n) is 2.01. The van der Waals surface area contributed by atoms with E-state index in [9.17, 15) is 9.59 Å². The van der Waals surface area contributed by atoms with E-state index >= 15 is 0 Å². The minimum atomic E-state index is -1.11. The van der Waals surface area contributed by atoms with Crippen molar-refractivity contribution in [3.05, 3.63) is 52.9 Å². The van der Waals surface area contributed by atoms with Crippen LogP contribution in [0.5, 0.6) is 0 Å². The first-order valence-corrected chi connectivity index (χ1v) is 6.76. The van der Waals surface area contributed by atoms with Crippen LogP contribution in [0.25, 0.3) is 0 Å². The van der Waals surface area contributed by atoms with Gasteiger partial charge in [0.2, 0.25) is 0 Å². The number of aliphatic carboxylic acids is 1. The summed E-state index contributed by atoms with van der Waals surface area (Å²) in [4.78, 5) is 24.8. The summed E-state index contributed by atoms with van der Waals surface area (Å²) in [7, 11) is 0. The molecule has 1 N–H and O–H groups in total. The van der Waals surface area contributed by atoms with E-state index in [1.807, 2.05) is 6.92 Å². The summed E-state index contributed by atoms with van der Waals surface area (Å²) in [5.41, 5.74) is 0.789. The molecule has 0 fully saturated rings. The molecule has 2 aromatic rings. The number of aryl methyl sites for hydroxylation is 1. The number of benzene rings is 1. The number of rotatable bonds is 5. The Kier molecular flexibility index (Phi) is 4.65. The van der Waals surface area contributed by atoms with E-state index in [2.05, 4.69) is 0 Å². The van der Waals surface area contributed by atoms with Crippen LogP contribution in [0.3, 0.4) is 0 Å². The third kappa shape index (κ3) is 3.44. The highest BCUT2D eigenvalue weighted by molar-refractivity contribution is 6.31. The highest BCUT2D eigenvalue weighted by Crippen LogP contribution is 2.23. The van der Waals surface area contributed by atoms with Crippen LogP contribution in [0.15, 0.2) is 41.0 Å². The van der Waals surface area contributed by atoms with Gasteiger partial charge in [-0.2, -0.15) is 0 Å². The molecule has 0 saturated carbocycles. The number of halogens is 1. The first-order chi connectivity index (χ1) is 10.0. The summed E-state index contributed by atoms with van der Waals surface area (Å²) in [6.07, 6.45) is 1.97. The zero-order valence-corrected chi connectivity index (χ0v) is 12.1. The van der Waals surface area contributed by atoms with Crippen LogP contribution in [-0.2, 0) is 11.2 Å². The Balaban J connectivity index is 2.41. The largest absolute Gasteiger partial charge is 0.480 e. The van der Waals surface area contributed by atoms with E-state index in [-0.39, 0.29) is 0 Å². The molecule has 1 aromatic heterocycles. The minimum Gasteiger partial charge on any atom is -0.480 e. The average Bonchev–Trinajstić information content (AvgIpc) is 2.92. The number of carboxylic acid groups (broad SMARTS) is 1. The number of carbonyl (C=O) groups excluding carboxylic acids is 1. The van der Waals surface area contributed by atoms with E-state index in [0.717, 1.165) is 4.90 Å². The molecule has 0 aliphatic heterocycles. The van der Waals surface area contributed by atoms with Crippen molar-refractivity contribution in [3.8, 4) is 0 Å². The van der Waals surface area contributed by atoms with E-state index in [1.54, 1.807) is 30.3 Å². The molecule has 1 heterocycles. The summed E-state index contributed by atoms with van der Waals surface area (Å²) < 4.78 is 5.23. The number of carboxylic acids is 1. The van der Waals surface area contributed by atoms with Crippen LogP contribution >= 0.6 is 11.6 Å². The van der Waals surface area contributed by atoms with Crippen LogP contribution in [0, 0.1) is 0 Å². The normalized spacial score (nSPS) is 10.4. The quantitative estimate of drug-likeness (QED) is 0.920. The summed E-state index contributed by atoms with van der Waals surface area (Å²) in [5.74, 6) is -1.01. The molecule has 0 saturated heterocycles. The molecule has 0 aliphatic carbocycles. The predicted molar refractivity (Wildman–Crippen MR) is 78.9 cm³/mol. The van der Waals surface area contributed by atoms with Crippen molar-refractivity contribution in [1.29, 1.82) is 0 Å². The lowest BCUT2D eigenvalue weighted by atomic mass is 10.1. The maximum absolute atomic E-state index is 12.6. The topological polar surface area (TPSA) is 70.8 Å². The number of carbonyl (C=O) groups is 2. The number of furan rings is 1. The van der Waals surface area contributed by atoms with Gasteiger partial charge in [-0.1, -0.05) is 24.6 Å². The lowest BCUT2D eigenvalue weighted by Gasteiger charge is -2.21. The SMILES string of the molecule is CCc1occc1C(=O)N(CC(=O)O)c1cccc(Cl)c1. The molecule has 1 amide bonds. The maximum Gasteiger partial charge on any atom is 0.323 e. The van der Waals surface area contributed by atoms with Gasteiger partial charge >= 0.3 is 5.97 Å². The maximum atomic E-state index is 12.6. The Hall–Kier alpha value is -2.27.